The number of anilines is 1. The number of nitrogens with zero attached hydrogens (tertiary/aromatic N) is 5. The molecule has 1 atom stereocenters. The summed E-state index contributed by atoms with van der Waals surface area (Å²) in [5.74, 6) is 1.29. The Morgan fingerprint density at radius 1 is 1.26 bits per heavy atom. The van der Waals surface area contributed by atoms with Gasteiger partial charge in [0, 0.05) is 37.4 Å². The zero-order valence-electron chi connectivity index (χ0n) is 17.7. The number of hydrogen-bond donors (Lipinski definition) is 1. The first kappa shape index (κ1) is 20.8. The molecule has 31 heavy (non-hydrogen) atoms. The number of piperidine rings is 1. The molecule has 0 spiro atoms. The minimum Gasteiger partial charge on any atom is -0.463 e. The van der Waals surface area contributed by atoms with Crippen molar-refractivity contribution in [2.75, 3.05) is 24.5 Å². The maximum absolute atomic E-state index is 12.7. The number of rotatable bonds is 6. The Morgan fingerprint density at radius 3 is 2.87 bits per heavy atom. The molecular weight excluding hydrogens is 396 g/mol. The van der Waals surface area contributed by atoms with Crippen LogP contribution in [-0.2, 0) is 11.3 Å². The molecule has 0 bridgehead atoms. The number of aromatic nitrogens is 4. The number of carbonyl (C=O) groups is 1. The third-order valence-corrected chi connectivity index (χ3v) is 5.71. The molecule has 162 valence electrons. The van der Waals surface area contributed by atoms with E-state index >= 15 is 0 Å². The van der Waals surface area contributed by atoms with Gasteiger partial charge in [-0.25, -0.2) is 4.98 Å². The number of amides is 1. The van der Waals surface area contributed by atoms with Gasteiger partial charge >= 0.3 is 0 Å². The van der Waals surface area contributed by atoms with Crippen molar-refractivity contribution in [3.63, 3.8) is 0 Å². The maximum atomic E-state index is 12.7. The second-order valence-corrected chi connectivity index (χ2v) is 7.78. The minimum absolute atomic E-state index is 0.00490. The van der Waals surface area contributed by atoms with E-state index in [1.165, 1.54) is 10.9 Å². The number of aryl methyl sites for hydroxylation is 1. The molecule has 3 aromatic heterocycles. The van der Waals surface area contributed by atoms with Crippen LogP contribution in [0.3, 0.4) is 0 Å². The molecule has 0 aromatic carbocycles. The summed E-state index contributed by atoms with van der Waals surface area (Å²) in [6.07, 6.45) is 4.86. The standard InChI is InChI=1S/C22H26N6O3/c1-15-16(2)24-14-28(22(15)30)11-9-23-21(29)17-5-3-10-27(13-17)20-8-7-18(25-26-20)19-6-4-12-31-19/h4,6-8,12,14,17H,3,5,9-11,13H2,1-2H3,(H,23,29). The molecule has 4 rings (SSSR count). The topological polar surface area (TPSA) is 106 Å². The van der Waals surface area contributed by atoms with Crippen LogP contribution < -0.4 is 15.8 Å². The van der Waals surface area contributed by atoms with E-state index in [1.807, 2.05) is 31.2 Å². The molecule has 0 saturated carbocycles. The highest BCUT2D eigenvalue weighted by atomic mass is 16.3. The van der Waals surface area contributed by atoms with Gasteiger partial charge < -0.3 is 14.6 Å². The Morgan fingerprint density at radius 2 is 2.13 bits per heavy atom. The zero-order valence-corrected chi connectivity index (χ0v) is 17.7. The molecule has 1 fully saturated rings. The van der Waals surface area contributed by atoms with Crippen molar-refractivity contribution >= 4 is 11.7 Å². The van der Waals surface area contributed by atoms with Gasteiger partial charge in [-0.15, -0.1) is 10.2 Å². The van der Waals surface area contributed by atoms with Crippen LogP contribution in [-0.4, -0.2) is 45.3 Å². The van der Waals surface area contributed by atoms with Crippen LogP contribution in [0.15, 0.2) is 46.1 Å². The summed E-state index contributed by atoms with van der Waals surface area (Å²) >= 11 is 0. The van der Waals surface area contributed by atoms with Gasteiger partial charge in [-0.3, -0.25) is 14.2 Å². The van der Waals surface area contributed by atoms with Crippen molar-refractivity contribution in [2.45, 2.75) is 33.2 Å². The fourth-order valence-electron chi connectivity index (χ4n) is 3.73. The van der Waals surface area contributed by atoms with Crippen LogP contribution in [0.5, 0.6) is 0 Å². The van der Waals surface area contributed by atoms with Gasteiger partial charge in [-0.1, -0.05) is 0 Å². The largest absolute Gasteiger partial charge is 0.463 e. The van der Waals surface area contributed by atoms with Gasteiger partial charge in [0.15, 0.2) is 11.6 Å². The van der Waals surface area contributed by atoms with Gasteiger partial charge in [-0.2, -0.15) is 0 Å². The Labute approximate surface area is 180 Å². The maximum Gasteiger partial charge on any atom is 0.256 e. The van der Waals surface area contributed by atoms with E-state index in [4.69, 9.17) is 4.42 Å². The smallest absolute Gasteiger partial charge is 0.256 e. The number of carbonyl (C=O) groups excluding carboxylic acids is 1. The molecule has 1 unspecified atom stereocenters. The van der Waals surface area contributed by atoms with E-state index in [9.17, 15) is 9.59 Å². The second-order valence-electron chi connectivity index (χ2n) is 7.78. The lowest BCUT2D eigenvalue weighted by Gasteiger charge is -2.32. The summed E-state index contributed by atoms with van der Waals surface area (Å²) in [4.78, 5) is 31.2. The monoisotopic (exact) mass is 422 g/mol. The Bertz CT molecular complexity index is 1090. The van der Waals surface area contributed by atoms with Crippen LogP contribution in [0.2, 0.25) is 0 Å². The number of hydrogen-bond acceptors (Lipinski definition) is 7. The summed E-state index contributed by atoms with van der Waals surface area (Å²) in [5.41, 5.74) is 1.97. The van der Waals surface area contributed by atoms with E-state index in [-0.39, 0.29) is 17.4 Å². The van der Waals surface area contributed by atoms with Crippen LogP contribution in [0.25, 0.3) is 11.5 Å². The van der Waals surface area contributed by atoms with E-state index in [0.29, 0.717) is 36.7 Å². The average molecular weight is 422 g/mol. The summed E-state index contributed by atoms with van der Waals surface area (Å²) in [6, 6.07) is 7.43. The van der Waals surface area contributed by atoms with Gasteiger partial charge in [0.25, 0.3) is 5.56 Å². The molecule has 3 aromatic rings. The molecule has 9 nitrogen and oxygen atoms in total. The Kier molecular flexibility index (Phi) is 6.11. The van der Waals surface area contributed by atoms with E-state index in [0.717, 1.165) is 30.9 Å². The molecule has 1 amide bonds. The first-order valence-electron chi connectivity index (χ1n) is 10.5. The highest BCUT2D eigenvalue weighted by Crippen LogP contribution is 2.23. The molecular formula is C22H26N6O3. The fourth-order valence-corrected chi connectivity index (χ4v) is 3.73. The van der Waals surface area contributed by atoms with Crippen molar-refractivity contribution in [3.05, 3.63) is 58.5 Å². The lowest BCUT2D eigenvalue weighted by atomic mass is 9.97. The second kappa shape index (κ2) is 9.11. The van der Waals surface area contributed by atoms with Gasteiger partial charge in [0.1, 0.15) is 5.69 Å². The lowest BCUT2D eigenvalue weighted by Crippen LogP contribution is -2.44. The minimum atomic E-state index is -0.130. The van der Waals surface area contributed by atoms with Crippen molar-refractivity contribution < 1.29 is 9.21 Å². The van der Waals surface area contributed by atoms with Crippen LogP contribution in [0, 0.1) is 19.8 Å². The summed E-state index contributed by atoms with van der Waals surface area (Å²) < 4.78 is 6.88. The van der Waals surface area contributed by atoms with Gasteiger partial charge in [0.2, 0.25) is 5.91 Å². The van der Waals surface area contributed by atoms with Crippen LogP contribution in [0.1, 0.15) is 24.1 Å². The number of furan rings is 1. The Hall–Kier alpha value is -3.49. The fraction of sp³-hybridized carbons (Fsp3) is 0.409. The lowest BCUT2D eigenvalue weighted by molar-refractivity contribution is -0.125. The first-order chi connectivity index (χ1) is 15.0. The molecule has 1 N–H and O–H groups in total. The SMILES string of the molecule is Cc1ncn(CCNC(=O)C2CCCN(c3ccc(-c4ccco4)nn3)C2)c(=O)c1C. The molecule has 0 aliphatic carbocycles. The molecule has 1 aliphatic heterocycles. The van der Waals surface area contributed by atoms with Crippen molar-refractivity contribution in [1.82, 2.24) is 25.1 Å². The predicted octanol–water partition coefficient (Wildman–Crippen LogP) is 1.94. The van der Waals surface area contributed by atoms with Gasteiger partial charge in [0.05, 0.1) is 18.5 Å². The highest BCUT2D eigenvalue weighted by molar-refractivity contribution is 5.79. The number of nitrogens with one attached hydrogen (secondary N) is 1. The van der Waals surface area contributed by atoms with Crippen molar-refractivity contribution in [2.24, 2.45) is 5.92 Å². The average Bonchev–Trinajstić information content (AvgIpc) is 3.34. The molecule has 9 heteroatoms. The van der Waals surface area contributed by atoms with Crippen LogP contribution in [0.4, 0.5) is 5.82 Å². The highest BCUT2D eigenvalue weighted by Gasteiger charge is 2.26. The van der Waals surface area contributed by atoms with E-state index < -0.39 is 0 Å². The van der Waals surface area contributed by atoms with Crippen molar-refractivity contribution in [3.8, 4) is 11.5 Å². The summed E-state index contributed by atoms with van der Waals surface area (Å²) in [6.45, 7) is 5.78. The Balaban J connectivity index is 1.32. The summed E-state index contributed by atoms with van der Waals surface area (Å²) in [7, 11) is 0. The van der Waals surface area contributed by atoms with Crippen molar-refractivity contribution in [1.29, 1.82) is 0 Å². The van der Waals surface area contributed by atoms with Crippen LogP contribution >= 0.6 is 0 Å². The first-order valence-corrected chi connectivity index (χ1v) is 10.5. The third-order valence-electron chi connectivity index (χ3n) is 5.71. The molecule has 1 aliphatic rings. The molecule has 4 heterocycles. The molecule has 0 radical (unpaired) electrons. The predicted molar refractivity (Wildman–Crippen MR) is 116 cm³/mol. The quantitative estimate of drug-likeness (QED) is 0.647. The molecule has 1 saturated heterocycles. The normalized spacial score (nSPS) is 16.3. The summed E-state index contributed by atoms with van der Waals surface area (Å²) in [5, 5.41) is 11.5. The van der Waals surface area contributed by atoms with E-state index in [2.05, 4.69) is 25.4 Å². The zero-order chi connectivity index (χ0) is 21.8. The van der Waals surface area contributed by atoms with Gasteiger partial charge in [-0.05, 0) is 51.0 Å². The van der Waals surface area contributed by atoms with E-state index in [1.54, 1.807) is 13.2 Å². The third kappa shape index (κ3) is 4.65.